The van der Waals surface area contributed by atoms with Crippen molar-refractivity contribution in [3.8, 4) is 11.5 Å². The van der Waals surface area contributed by atoms with Crippen molar-refractivity contribution >= 4 is 23.3 Å². The lowest BCUT2D eigenvalue weighted by molar-refractivity contribution is 0.475. The lowest BCUT2D eigenvalue weighted by Gasteiger charge is -2.09. The lowest BCUT2D eigenvalue weighted by atomic mass is 10.3. The number of nitrogens with one attached hydrogen (secondary N) is 2. The average Bonchev–Trinajstić information content (AvgIpc) is 2.49. The molecule has 2 aromatic carbocycles. The first-order valence-corrected chi connectivity index (χ1v) is 6.93. The summed E-state index contributed by atoms with van der Waals surface area (Å²) in [5.74, 6) is 1.64. The summed E-state index contributed by atoms with van der Waals surface area (Å²) >= 11 is 0. The van der Waals surface area contributed by atoms with E-state index in [1.54, 1.807) is 55.5 Å². The van der Waals surface area contributed by atoms with Gasteiger partial charge in [0.1, 0.15) is 17.3 Å². The van der Waals surface area contributed by atoms with Gasteiger partial charge in [-0.1, -0.05) is 6.07 Å². The molecule has 0 bridgehead atoms. The summed E-state index contributed by atoms with van der Waals surface area (Å²) in [5.41, 5.74) is 1.42. The number of aromatic hydroxyl groups is 2. The van der Waals surface area contributed by atoms with Crippen LogP contribution in [0.3, 0.4) is 0 Å². The summed E-state index contributed by atoms with van der Waals surface area (Å²) in [6, 6.07) is 13.3. The van der Waals surface area contributed by atoms with E-state index < -0.39 is 0 Å². The van der Waals surface area contributed by atoms with Gasteiger partial charge in [0, 0.05) is 17.4 Å². The first kappa shape index (κ1) is 14.6. The van der Waals surface area contributed by atoms with E-state index in [-0.39, 0.29) is 11.5 Å². The van der Waals surface area contributed by atoms with Crippen LogP contribution < -0.4 is 10.6 Å². The van der Waals surface area contributed by atoms with Crippen molar-refractivity contribution in [3.63, 3.8) is 0 Å². The number of aromatic nitrogens is 3. The molecule has 116 valence electrons. The fourth-order valence-electron chi connectivity index (χ4n) is 1.98. The van der Waals surface area contributed by atoms with Crippen LogP contribution in [0.1, 0.15) is 5.82 Å². The Kier molecular flexibility index (Phi) is 3.92. The van der Waals surface area contributed by atoms with Gasteiger partial charge in [0.05, 0.1) is 0 Å². The molecule has 1 heterocycles. The Morgan fingerprint density at radius 3 is 2.04 bits per heavy atom. The smallest absolute Gasteiger partial charge is 0.232 e. The number of rotatable bonds is 4. The van der Waals surface area contributed by atoms with Gasteiger partial charge in [-0.3, -0.25) is 0 Å². The molecule has 1 aromatic heterocycles. The molecule has 0 atom stereocenters. The summed E-state index contributed by atoms with van der Waals surface area (Å²) < 4.78 is 0. The Morgan fingerprint density at radius 2 is 1.39 bits per heavy atom. The number of phenols is 2. The highest BCUT2D eigenvalue weighted by molar-refractivity contribution is 5.59. The van der Waals surface area contributed by atoms with E-state index in [2.05, 4.69) is 25.6 Å². The number of anilines is 4. The van der Waals surface area contributed by atoms with E-state index in [1.807, 2.05) is 0 Å². The van der Waals surface area contributed by atoms with Gasteiger partial charge in [0.2, 0.25) is 11.9 Å². The molecule has 4 N–H and O–H groups in total. The summed E-state index contributed by atoms with van der Waals surface area (Å²) in [4.78, 5) is 12.7. The molecule has 0 aliphatic rings. The molecule has 0 spiro atoms. The Morgan fingerprint density at radius 1 is 0.739 bits per heavy atom. The van der Waals surface area contributed by atoms with Crippen LogP contribution in [-0.4, -0.2) is 25.2 Å². The molecular formula is C16H15N5O2. The highest BCUT2D eigenvalue weighted by atomic mass is 16.3. The van der Waals surface area contributed by atoms with E-state index in [4.69, 9.17) is 0 Å². The lowest BCUT2D eigenvalue weighted by Crippen LogP contribution is -2.05. The number of benzene rings is 2. The third-order valence-electron chi connectivity index (χ3n) is 2.97. The fraction of sp³-hybridized carbons (Fsp3) is 0.0625. The fourth-order valence-corrected chi connectivity index (χ4v) is 1.98. The van der Waals surface area contributed by atoms with Crippen LogP contribution in [-0.2, 0) is 0 Å². The highest BCUT2D eigenvalue weighted by Gasteiger charge is 2.05. The quantitative estimate of drug-likeness (QED) is 0.549. The summed E-state index contributed by atoms with van der Waals surface area (Å²) in [6.45, 7) is 1.76. The zero-order valence-corrected chi connectivity index (χ0v) is 12.4. The van der Waals surface area contributed by atoms with E-state index in [0.29, 0.717) is 23.4 Å². The SMILES string of the molecule is Cc1nc(Nc2ccc(O)cc2)nc(Nc2cccc(O)c2)n1. The molecule has 0 radical (unpaired) electrons. The van der Waals surface area contributed by atoms with Gasteiger partial charge >= 0.3 is 0 Å². The van der Waals surface area contributed by atoms with Crippen LogP contribution in [0.25, 0.3) is 0 Å². The predicted octanol–water partition coefficient (Wildman–Crippen LogP) is 3.08. The van der Waals surface area contributed by atoms with Crippen molar-refractivity contribution in [1.82, 2.24) is 15.0 Å². The van der Waals surface area contributed by atoms with Crippen molar-refractivity contribution in [2.75, 3.05) is 10.6 Å². The third-order valence-corrected chi connectivity index (χ3v) is 2.97. The topological polar surface area (TPSA) is 103 Å². The third kappa shape index (κ3) is 3.85. The van der Waals surface area contributed by atoms with Crippen molar-refractivity contribution < 1.29 is 10.2 Å². The predicted molar refractivity (Wildman–Crippen MR) is 87.3 cm³/mol. The molecule has 7 nitrogen and oxygen atoms in total. The number of phenolic OH excluding ortho intramolecular Hbond substituents is 2. The van der Waals surface area contributed by atoms with Crippen LogP contribution in [0, 0.1) is 6.92 Å². The van der Waals surface area contributed by atoms with Gasteiger partial charge in [-0.15, -0.1) is 0 Å². The molecule has 0 aliphatic carbocycles. The Hall–Kier alpha value is -3.35. The molecule has 0 aliphatic heterocycles. The highest BCUT2D eigenvalue weighted by Crippen LogP contribution is 2.21. The van der Waals surface area contributed by atoms with Crippen LogP contribution in [0.2, 0.25) is 0 Å². The normalized spacial score (nSPS) is 10.3. The zero-order chi connectivity index (χ0) is 16.2. The Bertz CT molecular complexity index is 821. The summed E-state index contributed by atoms with van der Waals surface area (Å²) in [7, 11) is 0. The van der Waals surface area contributed by atoms with Gasteiger partial charge in [0.25, 0.3) is 0 Å². The second-order valence-electron chi connectivity index (χ2n) is 4.88. The van der Waals surface area contributed by atoms with Crippen LogP contribution in [0.5, 0.6) is 11.5 Å². The van der Waals surface area contributed by atoms with E-state index in [9.17, 15) is 10.2 Å². The molecule has 0 fully saturated rings. The minimum absolute atomic E-state index is 0.156. The van der Waals surface area contributed by atoms with E-state index >= 15 is 0 Å². The van der Waals surface area contributed by atoms with Gasteiger partial charge in [-0.05, 0) is 43.3 Å². The number of aryl methyl sites for hydroxylation is 1. The molecule has 0 saturated carbocycles. The molecule has 0 amide bonds. The second kappa shape index (κ2) is 6.18. The van der Waals surface area contributed by atoms with Crippen LogP contribution >= 0.6 is 0 Å². The minimum Gasteiger partial charge on any atom is -0.508 e. The number of hydrogen-bond donors (Lipinski definition) is 4. The van der Waals surface area contributed by atoms with Crippen LogP contribution in [0.15, 0.2) is 48.5 Å². The van der Waals surface area contributed by atoms with Crippen molar-refractivity contribution in [2.45, 2.75) is 6.92 Å². The van der Waals surface area contributed by atoms with Crippen molar-refractivity contribution in [1.29, 1.82) is 0 Å². The Balaban J connectivity index is 1.82. The number of nitrogens with zero attached hydrogens (tertiary/aromatic N) is 3. The maximum atomic E-state index is 9.49. The molecule has 7 heteroatoms. The monoisotopic (exact) mass is 309 g/mol. The van der Waals surface area contributed by atoms with Crippen molar-refractivity contribution in [3.05, 3.63) is 54.4 Å². The van der Waals surface area contributed by atoms with Crippen molar-refractivity contribution in [2.24, 2.45) is 0 Å². The molecule has 3 rings (SSSR count). The van der Waals surface area contributed by atoms with Gasteiger partial charge in [-0.2, -0.15) is 15.0 Å². The molecule has 0 saturated heterocycles. The van der Waals surface area contributed by atoms with Crippen LogP contribution in [0.4, 0.5) is 23.3 Å². The first-order valence-electron chi connectivity index (χ1n) is 6.93. The minimum atomic E-state index is 0.156. The summed E-state index contributed by atoms with van der Waals surface area (Å²) in [5, 5.41) is 24.9. The first-order chi connectivity index (χ1) is 11.1. The average molecular weight is 309 g/mol. The maximum Gasteiger partial charge on any atom is 0.232 e. The second-order valence-corrected chi connectivity index (χ2v) is 4.88. The Labute approximate surface area is 132 Å². The molecule has 0 unspecified atom stereocenters. The zero-order valence-electron chi connectivity index (χ0n) is 12.4. The largest absolute Gasteiger partial charge is 0.508 e. The van der Waals surface area contributed by atoms with E-state index in [1.165, 1.54) is 0 Å². The molecular weight excluding hydrogens is 294 g/mol. The number of hydrogen-bond acceptors (Lipinski definition) is 7. The van der Waals surface area contributed by atoms with Gasteiger partial charge < -0.3 is 20.8 Å². The standard InChI is InChI=1S/C16H15N5O2/c1-10-17-15(19-11-5-7-13(22)8-6-11)21-16(18-10)20-12-3-2-4-14(23)9-12/h2-9,22-23H,1H3,(H2,17,18,19,20,21). The van der Waals surface area contributed by atoms with Gasteiger partial charge in [-0.25, -0.2) is 0 Å². The van der Waals surface area contributed by atoms with E-state index in [0.717, 1.165) is 5.69 Å². The molecule has 23 heavy (non-hydrogen) atoms. The maximum absolute atomic E-state index is 9.49. The van der Waals surface area contributed by atoms with Gasteiger partial charge in [0.15, 0.2) is 0 Å². The summed E-state index contributed by atoms with van der Waals surface area (Å²) in [6.07, 6.45) is 0. The molecule has 3 aromatic rings.